The third kappa shape index (κ3) is 4.60. The molecule has 32 heavy (non-hydrogen) atoms. The van der Waals surface area contributed by atoms with Gasteiger partial charge in [-0.25, -0.2) is 9.78 Å². The van der Waals surface area contributed by atoms with E-state index in [2.05, 4.69) is 39.7 Å². The number of amides is 1. The predicted molar refractivity (Wildman–Crippen MR) is 123 cm³/mol. The minimum absolute atomic E-state index is 0.111. The van der Waals surface area contributed by atoms with Gasteiger partial charge >= 0.3 is 6.09 Å². The van der Waals surface area contributed by atoms with Gasteiger partial charge in [-0.15, -0.1) is 0 Å². The van der Waals surface area contributed by atoms with Gasteiger partial charge in [0.1, 0.15) is 23.2 Å². The molecule has 0 spiro atoms. The van der Waals surface area contributed by atoms with Crippen LogP contribution >= 0.6 is 0 Å². The number of nitrogens with zero attached hydrogens (tertiary/aromatic N) is 7. The first kappa shape index (κ1) is 22.6. The first-order chi connectivity index (χ1) is 15.2. The van der Waals surface area contributed by atoms with Crippen LogP contribution in [0.2, 0.25) is 0 Å². The zero-order valence-corrected chi connectivity index (χ0v) is 19.9. The molecule has 3 atom stereocenters. The number of anilines is 2. The highest BCUT2D eigenvalue weighted by molar-refractivity contribution is 5.70. The molecule has 0 radical (unpaired) electrons. The Hall–Kier alpha value is -2.60. The lowest BCUT2D eigenvalue weighted by atomic mass is 10.1. The summed E-state index contributed by atoms with van der Waals surface area (Å²) in [7, 11) is 2.14. The number of nitriles is 1. The maximum Gasteiger partial charge on any atom is 0.410 e. The highest BCUT2D eigenvalue weighted by Crippen LogP contribution is 2.36. The van der Waals surface area contributed by atoms with Crippen LogP contribution in [0, 0.1) is 11.3 Å². The Kier molecular flexibility index (Phi) is 6.17. The Balaban J connectivity index is 1.56. The van der Waals surface area contributed by atoms with Crippen LogP contribution in [0.3, 0.4) is 0 Å². The third-order valence-corrected chi connectivity index (χ3v) is 6.62. The molecule has 0 aromatic carbocycles. The highest BCUT2D eigenvalue weighted by atomic mass is 16.6. The van der Waals surface area contributed by atoms with E-state index in [0.29, 0.717) is 18.2 Å². The Morgan fingerprint density at radius 1 is 1.12 bits per heavy atom. The number of carbonyl (C=O) groups excluding carboxylic acids is 1. The quantitative estimate of drug-likeness (QED) is 0.692. The third-order valence-electron chi connectivity index (χ3n) is 6.62. The summed E-state index contributed by atoms with van der Waals surface area (Å²) in [5.41, 5.74) is -0.116. The number of aromatic nitrogens is 2. The molecule has 0 saturated carbocycles. The minimum atomic E-state index is -0.505. The molecule has 4 heterocycles. The van der Waals surface area contributed by atoms with Crippen molar-refractivity contribution in [2.24, 2.45) is 0 Å². The zero-order valence-electron chi connectivity index (χ0n) is 19.9. The average molecular weight is 442 g/mol. The molecular weight excluding hydrogens is 406 g/mol. The van der Waals surface area contributed by atoms with Gasteiger partial charge in [0, 0.05) is 38.3 Å². The summed E-state index contributed by atoms with van der Waals surface area (Å²) >= 11 is 0. The zero-order chi connectivity index (χ0) is 23.0. The van der Waals surface area contributed by atoms with Crippen LogP contribution in [-0.4, -0.2) is 89.4 Å². The van der Waals surface area contributed by atoms with Gasteiger partial charge in [0.05, 0.1) is 12.1 Å². The molecule has 1 aromatic rings. The molecule has 3 aliphatic rings. The Morgan fingerprint density at radius 2 is 1.88 bits per heavy atom. The molecule has 2 unspecified atom stereocenters. The highest BCUT2D eigenvalue weighted by Gasteiger charge is 2.46. The number of likely N-dealkylation sites (N-methyl/N-ethyl adjacent to an activating group) is 1. The normalized spacial score (nSPS) is 26.6. The lowest BCUT2D eigenvalue weighted by Gasteiger charge is -2.30. The Bertz CT molecular complexity index is 893. The van der Waals surface area contributed by atoms with E-state index in [1.54, 1.807) is 6.07 Å². The van der Waals surface area contributed by atoms with Crippen LogP contribution < -0.4 is 9.80 Å². The number of ether oxygens (including phenoxy) is 1. The number of carbonyl (C=O) groups is 1. The summed E-state index contributed by atoms with van der Waals surface area (Å²) in [5.74, 6) is 1.42. The van der Waals surface area contributed by atoms with Gasteiger partial charge in [-0.2, -0.15) is 10.2 Å². The smallest absolute Gasteiger partial charge is 0.410 e. The minimum Gasteiger partial charge on any atom is -0.444 e. The monoisotopic (exact) mass is 441 g/mol. The van der Waals surface area contributed by atoms with Crippen molar-refractivity contribution >= 4 is 17.9 Å². The van der Waals surface area contributed by atoms with E-state index in [9.17, 15) is 10.1 Å². The lowest BCUT2D eigenvalue weighted by molar-refractivity contribution is 0.0228. The second-order valence-electron chi connectivity index (χ2n) is 10.3. The molecule has 174 valence electrons. The van der Waals surface area contributed by atoms with Crippen molar-refractivity contribution in [3.05, 3.63) is 11.8 Å². The number of likely N-dealkylation sites (tertiary alicyclic amines) is 1. The average Bonchev–Trinajstić information content (AvgIpc) is 3.26. The van der Waals surface area contributed by atoms with Crippen LogP contribution in [0.4, 0.5) is 16.6 Å². The first-order valence-corrected chi connectivity index (χ1v) is 11.7. The van der Waals surface area contributed by atoms with Crippen molar-refractivity contribution in [1.82, 2.24) is 19.8 Å². The standard InChI is InChI=1S/C23H35N7O2/c1-16-15-27(5)9-6-10-28(16)21-25-17(14-24)13-20(26-21)29-11-7-19-18(29)8-12-30(19)22(31)32-23(2,3)4/h13,16,18-19H,6-12,15H2,1-5H3/t16-,18?,19?/m0/s1. The van der Waals surface area contributed by atoms with Crippen molar-refractivity contribution < 1.29 is 9.53 Å². The fraction of sp³-hybridized carbons (Fsp3) is 0.739. The van der Waals surface area contributed by atoms with Gasteiger partial charge in [0.15, 0.2) is 0 Å². The molecule has 1 aromatic heterocycles. The molecule has 9 nitrogen and oxygen atoms in total. The van der Waals surface area contributed by atoms with Crippen LogP contribution in [0.1, 0.15) is 52.7 Å². The number of rotatable bonds is 2. The molecule has 0 bridgehead atoms. The van der Waals surface area contributed by atoms with Crippen LogP contribution in [0.5, 0.6) is 0 Å². The van der Waals surface area contributed by atoms with E-state index in [1.165, 1.54) is 0 Å². The van der Waals surface area contributed by atoms with Crippen molar-refractivity contribution in [1.29, 1.82) is 5.26 Å². The number of hydrogen-bond donors (Lipinski definition) is 0. The maximum atomic E-state index is 12.7. The SMILES string of the molecule is C[C@H]1CN(C)CCCN1c1nc(C#N)cc(N2CCC3C2CCN3C(=O)OC(C)(C)C)n1. The molecule has 4 rings (SSSR count). The molecule has 0 aliphatic carbocycles. The second kappa shape index (κ2) is 8.74. The number of fused-ring (bicyclic) bond motifs is 1. The van der Waals surface area contributed by atoms with Crippen LogP contribution in [0.25, 0.3) is 0 Å². The van der Waals surface area contributed by atoms with E-state index >= 15 is 0 Å². The summed E-state index contributed by atoms with van der Waals surface area (Å²) in [5, 5.41) is 9.65. The first-order valence-electron chi connectivity index (χ1n) is 11.7. The molecule has 9 heteroatoms. The summed E-state index contributed by atoms with van der Waals surface area (Å²) in [6.45, 7) is 12.2. The summed E-state index contributed by atoms with van der Waals surface area (Å²) in [6.07, 6.45) is 2.54. The fourth-order valence-electron chi connectivity index (χ4n) is 5.24. The van der Waals surface area contributed by atoms with Gasteiger partial charge in [-0.05, 0) is 60.5 Å². The van der Waals surface area contributed by atoms with Crippen molar-refractivity contribution in [2.45, 2.75) is 70.7 Å². The molecule has 3 saturated heterocycles. The predicted octanol–water partition coefficient (Wildman–Crippen LogP) is 2.47. The Morgan fingerprint density at radius 3 is 2.59 bits per heavy atom. The van der Waals surface area contributed by atoms with Crippen LogP contribution in [0.15, 0.2) is 6.07 Å². The molecule has 1 amide bonds. The van der Waals surface area contributed by atoms with Gasteiger partial charge < -0.3 is 24.3 Å². The van der Waals surface area contributed by atoms with Crippen molar-refractivity contribution in [2.75, 3.05) is 49.6 Å². The number of hydrogen-bond acceptors (Lipinski definition) is 8. The van der Waals surface area contributed by atoms with Crippen LogP contribution in [-0.2, 0) is 4.74 Å². The van der Waals surface area contributed by atoms with E-state index in [1.807, 2.05) is 25.7 Å². The summed E-state index contributed by atoms with van der Waals surface area (Å²) in [6, 6.07) is 4.57. The van der Waals surface area contributed by atoms with Gasteiger partial charge in [0.25, 0.3) is 0 Å². The van der Waals surface area contributed by atoms with Gasteiger partial charge in [-0.1, -0.05) is 0 Å². The molecule has 3 aliphatic heterocycles. The Labute approximate surface area is 190 Å². The lowest BCUT2D eigenvalue weighted by Crippen LogP contribution is -2.42. The topological polar surface area (TPSA) is 88.8 Å². The van der Waals surface area contributed by atoms with E-state index < -0.39 is 5.60 Å². The largest absolute Gasteiger partial charge is 0.444 e. The second-order valence-corrected chi connectivity index (χ2v) is 10.3. The molecule has 0 N–H and O–H groups in total. The maximum absolute atomic E-state index is 12.7. The molecule has 3 fully saturated rings. The van der Waals surface area contributed by atoms with Gasteiger partial charge in [-0.3, -0.25) is 0 Å². The summed E-state index contributed by atoms with van der Waals surface area (Å²) < 4.78 is 5.63. The van der Waals surface area contributed by atoms with Crippen molar-refractivity contribution in [3.8, 4) is 6.07 Å². The summed E-state index contributed by atoms with van der Waals surface area (Å²) in [4.78, 5) is 30.9. The molecular formula is C23H35N7O2. The van der Waals surface area contributed by atoms with E-state index in [4.69, 9.17) is 9.72 Å². The van der Waals surface area contributed by atoms with E-state index in [0.717, 1.165) is 51.3 Å². The van der Waals surface area contributed by atoms with Gasteiger partial charge in [0.2, 0.25) is 5.95 Å². The van der Waals surface area contributed by atoms with Crippen molar-refractivity contribution in [3.63, 3.8) is 0 Å². The van der Waals surface area contributed by atoms with E-state index in [-0.39, 0.29) is 24.2 Å². The fourth-order valence-corrected chi connectivity index (χ4v) is 5.24.